The summed E-state index contributed by atoms with van der Waals surface area (Å²) in [5.41, 5.74) is 2.10. The van der Waals surface area contributed by atoms with Crippen molar-refractivity contribution in [3.05, 3.63) is 70.2 Å². The highest BCUT2D eigenvalue weighted by molar-refractivity contribution is 6.08. The van der Waals surface area contributed by atoms with Crippen LogP contribution in [-0.4, -0.2) is 127 Å². The molecule has 4 aromatic heterocycles. The van der Waals surface area contributed by atoms with Crippen LogP contribution in [0.15, 0.2) is 47.7 Å². The third-order valence-corrected chi connectivity index (χ3v) is 14.7. The first kappa shape index (κ1) is 43.9. The topological polar surface area (TPSA) is 169 Å². The van der Waals surface area contributed by atoms with Crippen molar-refractivity contribution in [2.45, 2.75) is 88.8 Å². The molecule has 2 N–H and O–H groups in total. The lowest BCUT2D eigenvalue weighted by Crippen LogP contribution is -2.58. The van der Waals surface area contributed by atoms with Crippen molar-refractivity contribution < 1.29 is 27.9 Å². The van der Waals surface area contributed by atoms with Crippen molar-refractivity contribution in [1.82, 2.24) is 48.6 Å². The van der Waals surface area contributed by atoms with E-state index in [0.29, 0.717) is 33.6 Å². The molecule has 5 aliphatic rings. The molecule has 17 nitrogen and oxygen atoms in total. The third kappa shape index (κ3) is 8.61. The van der Waals surface area contributed by atoms with Gasteiger partial charge in [0.2, 0.25) is 11.8 Å². The second-order valence-electron chi connectivity index (χ2n) is 19.1. The Morgan fingerprint density at radius 3 is 2.50 bits per heavy atom. The number of imide groups is 1. The number of imidazole rings is 1. The number of rotatable bonds is 10. The Balaban J connectivity index is 0.694. The lowest BCUT2D eigenvalue weighted by atomic mass is 9.72. The number of amides is 3. The first-order valence-electron chi connectivity index (χ1n) is 23.2. The molecule has 3 amide bonds. The number of ether oxygens (including phenoxy) is 1. The molecule has 0 radical (unpaired) electrons. The quantitative estimate of drug-likeness (QED) is 0.149. The van der Waals surface area contributed by atoms with Gasteiger partial charge in [-0.25, -0.2) is 23.1 Å². The predicted octanol–water partition coefficient (Wildman–Crippen LogP) is 4.54. The van der Waals surface area contributed by atoms with E-state index in [0.717, 1.165) is 103 Å². The average Bonchev–Trinajstić information content (AvgIpc) is 4.00. The van der Waals surface area contributed by atoms with Crippen molar-refractivity contribution >= 4 is 45.9 Å². The first-order chi connectivity index (χ1) is 31.9. The van der Waals surface area contributed by atoms with Crippen molar-refractivity contribution in [1.29, 1.82) is 0 Å². The van der Waals surface area contributed by atoms with Crippen LogP contribution in [0.2, 0.25) is 0 Å². The van der Waals surface area contributed by atoms with Crippen molar-refractivity contribution in [2.75, 3.05) is 69.7 Å². The van der Waals surface area contributed by atoms with Crippen molar-refractivity contribution in [3.63, 3.8) is 0 Å². The molecular weight excluding hydrogens is 851 g/mol. The number of hydrogen-bond donors (Lipinski definition) is 2. The average molecular weight is 907 g/mol. The number of para-hydroxylation sites is 1. The summed E-state index contributed by atoms with van der Waals surface area (Å²) < 4.78 is 41.0. The molecule has 1 saturated carbocycles. The summed E-state index contributed by atoms with van der Waals surface area (Å²) >= 11 is 0. The van der Waals surface area contributed by atoms with Crippen LogP contribution in [0.4, 0.5) is 20.3 Å². The number of aromatic nitrogens is 7. The van der Waals surface area contributed by atoms with Crippen LogP contribution < -0.4 is 21.2 Å². The van der Waals surface area contributed by atoms with E-state index >= 15 is 0 Å². The number of carbonyl (C=O) groups is 3. The molecule has 1 aromatic carbocycles. The first-order valence-corrected chi connectivity index (χ1v) is 23.2. The van der Waals surface area contributed by atoms with Gasteiger partial charge in [0.1, 0.15) is 24.0 Å². The van der Waals surface area contributed by atoms with E-state index in [4.69, 9.17) is 9.72 Å². The summed E-state index contributed by atoms with van der Waals surface area (Å²) in [6, 6.07) is 6.55. The van der Waals surface area contributed by atoms with Gasteiger partial charge in [0, 0.05) is 71.7 Å². The van der Waals surface area contributed by atoms with Crippen LogP contribution in [0.5, 0.6) is 0 Å². The molecule has 1 aliphatic carbocycles. The number of anilines is 2. The highest BCUT2D eigenvalue weighted by Crippen LogP contribution is 2.41. The molecule has 4 saturated heterocycles. The van der Waals surface area contributed by atoms with Gasteiger partial charge >= 0.3 is 5.69 Å². The van der Waals surface area contributed by atoms with Crippen LogP contribution in [0, 0.1) is 23.2 Å². The molecule has 348 valence electrons. The van der Waals surface area contributed by atoms with Crippen LogP contribution in [0.25, 0.3) is 16.7 Å². The van der Waals surface area contributed by atoms with Gasteiger partial charge < -0.3 is 24.8 Å². The van der Waals surface area contributed by atoms with Gasteiger partial charge in [-0.3, -0.25) is 33.5 Å². The minimum absolute atomic E-state index is 0.00142. The number of likely N-dealkylation sites (tertiary alicyclic amines) is 2. The van der Waals surface area contributed by atoms with Gasteiger partial charge in [0.05, 0.1) is 40.6 Å². The number of carbonyl (C=O) groups excluding carboxylic acids is 3. The Morgan fingerprint density at radius 1 is 1.00 bits per heavy atom. The fraction of sp³-hybridized carbons (Fsp3) is 0.553. The Bertz CT molecular complexity index is 2770. The molecular formula is C47H56F2N12O5. The summed E-state index contributed by atoms with van der Waals surface area (Å²) in [4.78, 5) is 63.1. The molecule has 1 unspecified atom stereocenters. The van der Waals surface area contributed by atoms with Gasteiger partial charge in [-0.15, -0.1) is 0 Å². The fourth-order valence-corrected chi connectivity index (χ4v) is 11.1. The number of benzene rings is 1. The summed E-state index contributed by atoms with van der Waals surface area (Å²) in [7, 11) is 3.81. The monoisotopic (exact) mass is 906 g/mol. The number of fused-ring (bicyclic) bond motifs is 2. The Hall–Kier alpha value is -5.97. The van der Waals surface area contributed by atoms with E-state index in [9.17, 15) is 28.0 Å². The number of alkyl halides is 2. The number of nitrogens with zero attached hydrogens (tertiary/aromatic N) is 10. The maximum absolute atomic E-state index is 14.4. The molecule has 66 heavy (non-hydrogen) atoms. The molecule has 4 aliphatic heterocycles. The van der Waals surface area contributed by atoms with Crippen molar-refractivity contribution in [3.8, 4) is 11.8 Å². The maximum atomic E-state index is 14.4. The number of piperidine rings is 3. The predicted molar refractivity (Wildman–Crippen MR) is 241 cm³/mol. The van der Waals surface area contributed by atoms with E-state index in [-0.39, 0.29) is 54.4 Å². The molecule has 10 rings (SSSR count). The molecule has 5 aromatic rings. The highest BCUT2D eigenvalue weighted by Gasteiger charge is 2.43. The Kier molecular flexibility index (Phi) is 12.0. The SMILES string of the molecule is CN1CC2(CCN(c3ccn4ncc(C(=O)Nc5cn([C@H]6CC[C@H](CN7CCC(OCC#Cc8cccc9c8n(C)c(=O)n9C8CCC(=O)NC8=O)CC7)CC6)nc5C(F)F)c4n3)CC2)C1. The summed E-state index contributed by atoms with van der Waals surface area (Å²) in [6.07, 6.45) is 9.90. The fourth-order valence-electron chi connectivity index (χ4n) is 11.1. The van der Waals surface area contributed by atoms with Crippen LogP contribution >= 0.6 is 0 Å². The molecule has 19 heteroatoms. The van der Waals surface area contributed by atoms with E-state index in [1.807, 2.05) is 18.2 Å². The minimum Gasteiger partial charge on any atom is -0.365 e. The van der Waals surface area contributed by atoms with E-state index in [1.54, 1.807) is 34.7 Å². The van der Waals surface area contributed by atoms with Gasteiger partial charge in [0.15, 0.2) is 11.3 Å². The second-order valence-corrected chi connectivity index (χ2v) is 19.1. The zero-order chi connectivity index (χ0) is 45.7. The van der Waals surface area contributed by atoms with Gasteiger partial charge in [-0.1, -0.05) is 17.9 Å². The largest absolute Gasteiger partial charge is 0.365 e. The Morgan fingerprint density at radius 2 is 1.77 bits per heavy atom. The highest BCUT2D eigenvalue weighted by atomic mass is 19.3. The number of halogens is 2. The zero-order valence-corrected chi connectivity index (χ0v) is 37.4. The molecule has 5 fully saturated rings. The van der Waals surface area contributed by atoms with Gasteiger partial charge in [0.25, 0.3) is 12.3 Å². The standard InChI is InChI=1S/C47H56F2N12O5/c1-55-28-47(29-55)17-22-58(23-18-47)38-16-21-59-43(52-38)34(25-50-59)44(63)51-35-27-60(54-40(35)42(48)49)32-10-8-30(9-11-32)26-57-19-14-33(15-20-57)66-24-4-6-31-5-3-7-36-41(31)56(2)46(65)61(36)37-12-13-39(62)53-45(37)64/h3,5,7,16,21,25,27,30,32-33,37,42H,8-15,17-20,22-24,26,28-29H2,1-2H3,(H,51,63)(H,53,62,64)/t30-,32-,37?. The lowest BCUT2D eigenvalue weighted by Gasteiger charge is -2.53. The summed E-state index contributed by atoms with van der Waals surface area (Å²) in [5.74, 6) is 6.19. The van der Waals surface area contributed by atoms with Crippen molar-refractivity contribution in [2.24, 2.45) is 18.4 Å². The number of hydrogen-bond acceptors (Lipinski definition) is 11. The summed E-state index contributed by atoms with van der Waals surface area (Å²) in [5, 5.41) is 13.7. The van der Waals surface area contributed by atoms with Crippen LogP contribution in [0.1, 0.15) is 104 Å². The molecule has 1 atom stereocenters. The number of aryl methyl sites for hydroxylation is 1. The van der Waals surface area contributed by atoms with E-state index in [1.165, 1.54) is 15.3 Å². The van der Waals surface area contributed by atoms with E-state index in [2.05, 4.69) is 54.4 Å². The van der Waals surface area contributed by atoms with E-state index < -0.39 is 30.0 Å². The third-order valence-electron chi connectivity index (χ3n) is 14.7. The van der Waals surface area contributed by atoms with Crippen LogP contribution in [0.3, 0.4) is 0 Å². The molecule has 8 heterocycles. The normalized spacial score (nSPS) is 23.0. The number of nitrogens with one attached hydrogen (secondary N) is 2. The summed E-state index contributed by atoms with van der Waals surface area (Å²) in [6.45, 7) is 7.06. The second kappa shape index (κ2) is 18.0. The lowest BCUT2D eigenvalue weighted by molar-refractivity contribution is -0.135. The van der Waals surface area contributed by atoms with Gasteiger partial charge in [-0.2, -0.15) is 10.2 Å². The Labute approximate surface area is 380 Å². The molecule has 1 spiro atoms. The van der Waals surface area contributed by atoms with Gasteiger partial charge in [-0.05, 0) is 94.4 Å². The minimum atomic E-state index is -2.86. The van der Waals surface area contributed by atoms with Crippen LogP contribution in [-0.2, 0) is 21.4 Å². The molecule has 0 bridgehead atoms. The smallest absolute Gasteiger partial charge is 0.329 e. The maximum Gasteiger partial charge on any atom is 0.329 e. The zero-order valence-electron chi connectivity index (χ0n) is 37.4.